The normalized spacial score (nSPS) is 11.3. The molecule has 2 rings (SSSR count). The highest BCUT2D eigenvalue weighted by molar-refractivity contribution is 7.93. The molecular weight excluding hydrogens is 424 g/mol. The summed E-state index contributed by atoms with van der Waals surface area (Å²) in [6.45, 7) is 5.06. The molecule has 28 heavy (non-hydrogen) atoms. The van der Waals surface area contributed by atoms with Gasteiger partial charge in [0, 0.05) is 42.0 Å². The third-order valence-corrected chi connectivity index (χ3v) is 6.66. The summed E-state index contributed by atoms with van der Waals surface area (Å²) in [5.41, 5.74) is 6.60. The van der Waals surface area contributed by atoms with Gasteiger partial charge < -0.3 is 15.4 Å². The molecule has 11 heteroatoms. The van der Waals surface area contributed by atoms with Gasteiger partial charge in [0.15, 0.2) is 5.13 Å². The number of ether oxygens (including phenoxy) is 1. The van der Waals surface area contributed by atoms with E-state index in [2.05, 4.69) is 9.71 Å². The topological polar surface area (TPSA) is 115 Å². The van der Waals surface area contributed by atoms with Crippen molar-refractivity contribution in [3.05, 3.63) is 39.9 Å². The second-order valence-electron chi connectivity index (χ2n) is 5.71. The standard InChI is InChI=1S/C17H23ClN4O4S2/c1-3-22(4-2)17(23)26-9-8-12-11-27-16(20-12)21-28(24,25)15-7-5-6-14(18)13(15)10-19/h5-7,11H,3-4,8-10,19H2,1-2H3,(H,20,21). The molecule has 0 fully saturated rings. The molecule has 0 spiro atoms. The Labute approximate surface area is 173 Å². The Bertz CT molecular complexity index is 914. The molecule has 0 bridgehead atoms. The number of benzene rings is 1. The van der Waals surface area contributed by atoms with Gasteiger partial charge in [-0.3, -0.25) is 4.72 Å². The van der Waals surface area contributed by atoms with Crippen molar-refractivity contribution in [2.45, 2.75) is 31.7 Å². The first-order valence-corrected chi connectivity index (χ1v) is 11.4. The lowest BCUT2D eigenvalue weighted by Crippen LogP contribution is -2.31. The largest absolute Gasteiger partial charge is 0.449 e. The molecule has 0 radical (unpaired) electrons. The van der Waals surface area contributed by atoms with Crippen LogP contribution >= 0.6 is 22.9 Å². The summed E-state index contributed by atoms with van der Waals surface area (Å²) in [6.07, 6.45) is 0.00706. The van der Waals surface area contributed by atoms with E-state index in [1.807, 2.05) is 13.8 Å². The minimum atomic E-state index is -3.88. The Hall–Kier alpha value is -1.88. The smallest absolute Gasteiger partial charge is 0.409 e. The summed E-state index contributed by atoms with van der Waals surface area (Å²) in [7, 11) is -3.88. The third-order valence-electron chi connectivity index (χ3n) is 3.95. The second-order valence-corrected chi connectivity index (χ2v) is 8.62. The number of carbonyl (C=O) groups excluding carboxylic acids is 1. The van der Waals surface area contributed by atoms with E-state index in [0.29, 0.717) is 35.8 Å². The summed E-state index contributed by atoms with van der Waals surface area (Å²) in [6, 6.07) is 4.58. The predicted octanol–water partition coefficient (Wildman–Crippen LogP) is 3.08. The van der Waals surface area contributed by atoms with Gasteiger partial charge in [0.1, 0.15) is 0 Å². The Morgan fingerprint density at radius 3 is 2.71 bits per heavy atom. The number of nitrogens with two attached hydrogens (primary N) is 1. The summed E-state index contributed by atoms with van der Waals surface area (Å²) < 4.78 is 32.9. The molecular formula is C17H23ClN4O4S2. The molecule has 154 valence electrons. The number of anilines is 1. The molecule has 0 aliphatic heterocycles. The number of sulfonamides is 1. The van der Waals surface area contributed by atoms with Crippen LogP contribution in [0.3, 0.4) is 0 Å². The minimum Gasteiger partial charge on any atom is -0.449 e. The lowest BCUT2D eigenvalue weighted by Gasteiger charge is -2.17. The lowest BCUT2D eigenvalue weighted by molar-refractivity contribution is 0.107. The van der Waals surface area contributed by atoms with Crippen molar-refractivity contribution >= 4 is 44.2 Å². The fourth-order valence-corrected chi connectivity index (χ4v) is 5.02. The maximum atomic E-state index is 12.7. The van der Waals surface area contributed by atoms with E-state index in [4.69, 9.17) is 22.1 Å². The van der Waals surface area contributed by atoms with E-state index >= 15 is 0 Å². The number of thiazole rings is 1. The second kappa shape index (κ2) is 10.1. The van der Waals surface area contributed by atoms with Crippen molar-refractivity contribution in [3.8, 4) is 0 Å². The zero-order valence-corrected chi connectivity index (χ0v) is 18.0. The average Bonchev–Trinajstić information content (AvgIpc) is 3.09. The van der Waals surface area contributed by atoms with Crippen LogP contribution in [0, 0.1) is 0 Å². The fourth-order valence-electron chi connectivity index (χ4n) is 2.44. The lowest BCUT2D eigenvalue weighted by atomic mass is 10.2. The summed E-state index contributed by atoms with van der Waals surface area (Å²) in [5, 5.41) is 2.22. The SMILES string of the molecule is CCN(CC)C(=O)OCCc1csc(NS(=O)(=O)c2cccc(Cl)c2CN)n1. The quantitative estimate of drug-likeness (QED) is 0.611. The molecule has 0 saturated carbocycles. The van der Waals surface area contributed by atoms with Gasteiger partial charge in [0.25, 0.3) is 10.0 Å². The van der Waals surface area contributed by atoms with Crippen LogP contribution in [0.1, 0.15) is 25.1 Å². The van der Waals surface area contributed by atoms with E-state index in [0.717, 1.165) is 11.3 Å². The van der Waals surface area contributed by atoms with Crippen molar-refractivity contribution < 1.29 is 17.9 Å². The van der Waals surface area contributed by atoms with E-state index in [1.54, 1.807) is 22.4 Å². The van der Waals surface area contributed by atoms with Gasteiger partial charge in [-0.25, -0.2) is 18.2 Å². The minimum absolute atomic E-state index is 0.00303. The third kappa shape index (κ3) is 5.57. The monoisotopic (exact) mass is 446 g/mol. The number of rotatable bonds is 9. The molecule has 0 aliphatic carbocycles. The number of nitrogens with one attached hydrogen (secondary N) is 1. The summed E-state index contributed by atoms with van der Waals surface area (Å²) in [5.74, 6) is 0. The Kier molecular flexibility index (Phi) is 8.05. The maximum absolute atomic E-state index is 12.7. The van der Waals surface area contributed by atoms with E-state index in [1.165, 1.54) is 6.07 Å². The number of aromatic nitrogens is 1. The van der Waals surface area contributed by atoms with Crippen LogP contribution < -0.4 is 10.5 Å². The number of hydrogen-bond acceptors (Lipinski definition) is 7. The van der Waals surface area contributed by atoms with Gasteiger partial charge >= 0.3 is 6.09 Å². The molecule has 2 aromatic rings. The van der Waals surface area contributed by atoms with Crippen LogP contribution in [-0.4, -0.2) is 44.1 Å². The Morgan fingerprint density at radius 2 is 2.07 bits per heavy atom. The molecule has 1 aromatic heterocycles. The highest BCUT2D eigenvalue weighted by atomic mass is 35.5. The molecule has 1 amide bonds. The number of hydrogen-bond donors (Lipinski definition) is 2. The van der Waals surface area contributed by atoms with Crippen molar-refractivity contribution in [1.29, 1.82) is 0 Å². The number of nitrogens with zero attached hydrogens (tertiary/aromatic N) is 2. The highest BCUT2D eigenvalue weighted by Gasteiger charge is 2.21. The van der Waals surface area contributed by atoms with E-state index in [9.17, 15) is 13.2 Å². The van der Waals surface area contributed by atoms with Crippen LogP contribution in [0.5, 0.6) is 0 Å². The van der Waals surface area contributed by atoms with Crippen molar-refractivity contribution in [2.75, 3.05) is 24.4 Å². The average molecular weight is 447 g/mol. The number of amides is 1. The van der Waals surface area contributed by atoms with Crippen LogP contribution in [-0.2, 0) is 27.7 Å². The van der Waals surface area contributed by atoms with Gasteiger partial charge in [-0.1, -0.05) is 17.7 Å². The first-order valence-electron chi connectivity index (χ1n) is 8.68. The van der Waals surface area contributed by atoms with Gasteiger partial charge in [-0.2, -0.15) is 0 Å². The molecule has 0 unspecified atom stereocenters. The van der Waals surface area contributed by atoms with Crippen molar-refractivity contribution in [1.82, 2.24) is 9.88 Å². The molecule has 1 heterocycles. The van der Waals surface area contributed by atoms with Crippen molar-refractivity contribution in [2.24, 2.45) is 5.73 Å². The molecule has 0 aliphatic rings. The number of carbonyl (C=O) groups is 1. The van der Waals surface area contributed by atoms with Gasteiger partial charge in [-0.15, -0.1) is 11.3 Å². The zero-order valence-electron chi connectivity index (χ0n) is 15.6. The zero-order chi connectivity index (χ0) is 20.7. The van der Waals surface area contributed by atoms with E-state index in [-0.39, 0.29) is 29.3 Å². The molecule has 1 aromatic carbocycles. The first-order chi connectivity index (χ1) is 13.3. The molecule has 0 atom stereocenters. The summed E-state index contributed by atoms with van der Waals surface area (Å²) in [4.78, 5) is 17.6. The van der Waals surface area contributed by atoms with Crippen LogP contribution in [0.2, 0.25) is 5.02 Å². The first kappa shape index (κ1) is 22.4. The highest BCUT2D eigenvalue weighted by Crippen LogP contribution is 2.26. The van der Waals surface area contributed by atoms with Crippen LogP contribution in [0.25, 0.3) is 0 Å². The van der Waals surface area contributed by atoms with Gasteiger partial charge in [-0.05, 0) is 26.0 Å². The van der Waals surface area contributed by atoms with Crippen LogP contribution in [0.4, 0.5) is 9.93 Å². The van der Waals surface area contributed by atoms with Gasteiger partial charge in [0.2, 0.25) is 0 Å². The Morgan fingerprint density at radius 1 is 1.36 bits per heavy atom. The van der Waals surface area contributed by atoms with E-state index < -0.39 is 10.0 Å². The predicted molar refractivity (Wildman–Crippen MR) is 110 cm³/mol. The number of halogens is 1. The van der Waals surface area contributed by atoms with Crippen molar-refractivity contribution in [3.63, 3.8) is 0 Å². The maximum Gasteiger partial charge on any atom is 0.409 e. The fraction of sp³-hybridized carbons (Fsp3) is 0.412. The molecule has 3 N–H and O–H groups in total. The molecule has 0 saturated heterocycles. The summed E-state index contributed by atoms with van der Waals surface area (Å²) >= 11 is 7.18. The molecule has 8 nitrogen and oxygen atoms in total. The Balaban J connectivity index is 2.01. The van der Waals surface area contributed by atoms with Gasteiger partial charge in [0.05, 0.1) is 17.2 Å². The van der Waals surface area contributed by atoms with Crippen LogP contribution in [0.15, 0.2) is 28.5 Å².